The highest BCUT2D eigenvalue weighted by molar-refractivity contribution is 5.82. The van der Waals surface area contributed by atoms with Gasteiger partial charge in [0.15, 0.2) is 0 Å². The third kappa shape index (κ3) is 4.34. The number of hydrogen-bond donors (Lipinski definition) is 2. The summed E-state index contributed by atoms with van der Waals surface area (Å²) in [5, 5.41) is 19.9. The molecular weight excluding hydrogens is 528 g/mol. The van der Waals surface area contributed by atoms with Gasteiger partial charge < -0.3 is 14.9 Å². The van der Waals surface area contributed by atoms with E-state index in [-0.39, 0.29) is 45.5 Å². The Morgan fingerprint density at radius 2 is 1.52 bits per heavy atom. The zero-order valence-corrected chi connectivity index (χ0v) is 27.7. The lowest BCUT2D eigenvalue weighted by molar-refractivity contribution is -0.217. The fourth-order valence-corrected chi connectivity index (χ4v) is 11.6. The molecule has 4 saturated carbocycles. The van der Waals surface area contributed by atoms with E-state index in [9.17, 15) is 24.6 Å². The number of carbonyl (C=O) groups is 3. The van der Waals surface area contributed by atoms with Crippen LogP contribution in [0.4, 0.5) is 0 Å². The molecule has 0 heterocycles. The summed E-state index contributed by atoms with van der Waals surface area (Å²) in [6, 6.07) is 0. The van der Waals surface area contributed by atoms with E-state index in [2.05, 4.69) is 54.5 Å². The highest BCUT2D eigenvalue weighted by Crippen LogP contribution is 2.75. The van der Waals surface area contributed by atoms with E-state index in [0.717, 1.165) is 64.2 Å². The summed E-state index contributed by atoms with van der Waals surface area (Å²) in [5.74, 6) is -1.02. The minimum absolute atomic E-state index is 0.0186. The fraction of sp³-hybridized carbons (Fsp3) is 0.861. The van der Waals surface area contributed by atoms with Gasteiger partial charge in [-0.1, -0.05) is 60.1 Å². The predicted octanol–water partition coefficient (Wildman–Crippen LogP) is 8.29. The van der Waals surface area contributed by atoms with Crippen molar-refractivity contribution in [2.75, 3.05) is 0 Å². The molecular formula is C36H56O6. The first-order valence-corrected chi connectivity index (χ1v) is 16.5. The predicted molar refractivity (Wildman–Crippen MR) is 163 cm³/mol. The van der Waals surface area contributed by atoms with Crippen LogP contribution >= 0.6 is 0 Å². The Kier molecular flexibility index (Phi) is 7.20. The van der Waals surface area contributed by atoms with E-state index >= 15 is 0 Å². The number of carboxylic acid groups (broad SMARTS) is 2. The zero-order valence-electron chi connectivity index (χ0n) is 27.7. The van der Waals surface area contributed by atoms with Gasteiger partial charge in [-0.25, -0.2) is 0 Å². The van der Waals surface area contributed by atoms with Crippen LogP contribution in [-0.4, -0.2) is 34.2 Å². The molecule has 0 bridgehead atoms. The van der Waals surface area contributed by atoms with Crippen molar-refractivity contribution in [2.24, 2.45) is 55.7 Å². The molecule has 0 saturated heterocycles. The number of fused-ring (bicyclic) bond motifs is 7. The summed E-state index contributed by atoms with van der Waals surface area (Å²) < 4.78 is 6.18. The molecule has 42 heavy (non-hydrogen) atoms. The summed E-state index contributed by atoms with van der Waals surface area (Å²) >= 11 is 0. The second-order valence-corrected chi connectivity index (χ2v) is 17.9. The van der Waals surface area contributed by atoms with E-state index in [0.29, 0.717) is 11.8 Å². The maximum Gasteiger partial charge on any atom is 0.312 e. The summed E-state index contributed by atoms with van der Waals surface area (Å²) in [4.78, 5) is 37.5. The first-order chi connectivity index (χ1) is 19.2. The lowest BCUT2D eigenvalue weighted by Gasteiger charge is -2.71. The topological polar surface area (TPSA) is 101 Å². The number of esters is 1. The normalized spacial score (nSPS) is 43.9. The molecule has 6 heteroatoms. The third-order valence-corrected chi connectivity index (χ3v) is 14.4. The van der Waals surface area contributed by atoms with Gasteiger partial charge in [-0.2, -0.15) is 0 Å². The smallest absolute Gasteiger partial charge is 0.312 e. The van der Waals surface area contributed by atoms with Crippen molar-refractivity contribution in [3.05, 3.63) is 11.6 Å². The van der Waals surface area contributed by atoms with Crippen LogP contribution in [0.15, 0.2) is 11.6 Å². The maximum atomic E-state index is 13.2. The van der Waals surface area contributed by atoms with Crippen molar-refractivity contribution in [2.45, 2.75) is 139 Å². The molecule has 5 aliphatic carbocycles. The fourth-order valence-electron chi connectivity index (χ4n) is 11.6. The van der Waals surface area contributed by atoms with Gasteiger partial charge >= 0.3 is 17.9 Å². The van der Waals surface area contributed by atoms with E-state index < -0.39 is 28.7 Å². The molecule has 3 unspecified atom stereocenters. The van der Waals surface area contributed by atoms with Crippen LogP contribution in [0, 0.1) is 55.7 Å². The van der Waals surface area contributed by atoms with E-state index in [1.807, 2.05) is 0 Å². The van der Waals surface area contributed by atoms with Crippen molar-refractivity contribution in [1.82, 2.24) is 0 Å². The van der Waals surface area contributed by atoms with Crippen molar-refractivity contribution in [3.63, 3.8) is 0 Å². The molecule has 8 atom stereocenters. The average molecular weight is 585 g/mol. The summed E-state index contributed by atoms with van der Waals surface area (Å²) in [6.45, 7) is 20.0. The molecule has 0 radical (unpaired) electrons. The van der Waals surface area contributed by atoms with Crippen LogP contribution in [0.2, 0.25) is 0 Å². The standard InChI is InChI=1S/C36H56O6/c1-30(2)16-18-36(28(39)40)19-17-34(8)22(23(36)20-30)10-11-25-33(7)14-13-26(42-29(41)31(3,4)21-27(37)38)32(5,6)24(33)12-15-35(25,34)9/h10,23-26H,11-21H2,1-9H3,(H,37,38)(H,39,40)/t23?,24?,25?,26-,33-,34+,35+,36-/m0/s1. The number of aliphatic carboxylic acids is 2. The third-order valence-electron chi connectivity index (χ3n) is 14.4. The number of ether oxygens (including phenoxy) is 1. The summed E-state index contributed by atoms with van der Waals surface area (Å²) in [7, 11) is 0. The van der Waals surface area contributed by atoms with E-state index in [1.165, 1.54) is 5.57 Å². The van der Waals surface area contributed by atoms with Crippen molar-refractivity contribution < 1.29 is 29.3 Å². The van der Waals surface area contributed by atoms with Crippen LogP contribution in [0.5, 0.6) is 0 Å². The SMILES string of the molecule is CC1(C)CC[C@]2(C(=O)O)CC[C@]3(C)C(=CCC4[C@@]5(C)CC[C@H](OC(=O)C(C)(C)CC(=O)O)C(C)(C)C5CC[C@]43C)C2C1. The highest BCUT2D eigenvalue weighted by Gasteiger charge is 2.69. The highest BCUT2D eigenvalue weighted by atomic mass is 16.5. The van der Waals surface area contributed by atoms with Gasteiger partial charge in [-0.3, -0.25) is 14.4 Å². The number of carboxylic acids is 2. The van der Waals surface area contributed by atoms with Crippen LogP contribution in [-0.2, 0) is 19.1 Å². The van der Waals surface area contributed by atoms with Crippen LogP contribution in [0.25, 0.3) is 0 Å². The molecule has 0 aromatic carbocycles. The van der Waals surface area contributed by atoms with Crippen molar-refractivity contribution in [3.8, 4) is 0 Å². The zero-order chi connectivity index (χ0) is 31.3. The van der Waals surface area contributed by atoms with E-state index in [4.69, 9.17) is 4.74 Å². The number of carbonyl (C=O) groups excluding carboxylic acids is 1. The Bertz CT molecular complexity index is 1200. The largest absolute Gasteiger partial charge is 0.481 e. The van der Waals surface area contributed by atoms with Crippen molar-refractivity contribution in [1.29, 1.82) is 0 Å². The monoisotopic (exact) mass is 584 g/mol. The Morgan fingerprint density at radius 3 is 2.14 bits per heavy atom. The molecule has 5 rings (SSSR count). The molecule has 6 nitrogen and oxygen atoms in total. The number of allylic oxidation sites excluding steroid dienone is 2. The van der Waals surface area contributed by atoms with Gasteiger partial charge in [-0.15, -0.1) is 0 Å². The van der Waals surface area contributed by atoms with Gasteiger partial charge in [0.05, 0.1) is 17.3 Å². The minimum Gasteiger partial charge on any atom is -0.481 e. The molecule has 0 aliphatic heterocycles. The van der Waals surface area contributed by atoms with Crippen LogP contribution in [0.1, 0.15) is 133 Å². The summed E-state index contributed by atoms with van der Waals surface area (Å²) in [5.41, 5.74) is -0.167. The quantitative estimate of drug-likeness (QED) is 0.249. The Labute approximate surface area is 253 Å². The Hall–Kier alpha value is -1.85. The lowest BCUT2D eigenvalue weighted by Crippen LogP contribution is -2.65. The molecule has 0 aromatic heterocycles. The second-order valence-electron chi connectivity index (χ2n) is 17.9. The van der Waals surface area contributed by atoms with Crippen molar-refractivity contribution >= 4 is 17.9 Å². The minimum atomic E-state index is -1.06. The number of hydrogen-bond acceptors (Lipinski definition) is 4. The Balaban J connectivity index is 1.46. The molecule has 236 valence electrons. The number of rotatable bonds is 5. The second kappa shape index (κ2) is 9.57. The molecule has 0 amide bonds. The first-order valence-electron chi connectivity index (χ1n) is 16.5. The summed E-state index contributed by atoms with van der Waals surface area (Å²) in [6.07, 6.45) is 11.4. The van der Waals surface area contributed by atoms with Gasteiger partial charge in [0, 0.05) is 5.41 Å². The molecule has 0 aromatic rings. The van der Waals surface area contributed by atoms with Gasteiger partial charge in [-0.05, 0) is 117 Å². The maximum absolute atomic E-state index is 13.2. The van der Waals surface area contributed by atoms with Gasteiger partial charge in [0.25, 0.3) is 0 Å². The molecule has 2 N–H and O–H groups in total. The molecule has 5 aliphatic rings. The molecule has 4 fully saturated rings. The molecule has 0 spiro atoms. The van der Waals surface area contributed by atoms with Crippen LogP contribution < -0.4 is 0 Å². The van der Waals surface area contributed by atoms with Gasteiger partial charge in [0.1, 0.15) is 6.10 Å². The average Bonchev–Trinajstić information content (AvgIpc) is 2.84. The first kappa shape index (κ1) is 31.6. The van der Waals surface area contributed by atoms with Crippen LogP contribution in [0.3, 0.4) is 0 Å². The lowest BCUT2D eigenvalue weighted by atomic mass is 9.33. The van der Waals surface area contributed by atoms with E-state index in [1.54, 1.807) is 13.8 Å². The Morgan fingerprint density at radius 1 is 0.881 bits per heavy atom. The van der Waals surface area contributed by atoms with Gasteiger partial charge in [0.2, 0.25) is 0 Å².